The lowest BCUT2D eigenvalue weighted by Gasteiger charge is -2.08. The van der Waals surface area contributed by atoms with Crippen molar-refractivity contribution in [2.24, 2.45) is 0 Å². The molecule has 19 heavy (non-hydrogen) atoms. The summed E-state index contributed by atoms with van der Waals surface area (Å²) in [6.07, 6.45) is 3.25. The minimum atomic E-state index is -0.430. The summed E-state index contributed by atoms with van der Waals surface area (Å²) in [5.74, 6) is 0.0172. The van der Waals surface area contributed by atoms with Crippen LogP contribution in [0.25, 0.3) is 11.1 Å². The van der Waals surface area contributed by atoms with Gasteiger partial charge in [0.2, 0.25) is 5.88 Å². The zero-order valence-electron chi connectivity index (χ0n) is 11.1. The van der Waals surface area contributed by atoms with E-state index in [-0.39, 0.29) is 0 Å². The molecule has 0 spiro atoms. The third kappa shape index (κ3) is 2.29. The summed E-state index contributed by atoms with van der Waals surface area (Å²) in [5, 5.41) is 4.19. The van der Waals surface area contributed by atoms with Crippen molar-refractivity contribution in [3.8, 4) is 17.0 Å². The lowest BCUT2D eigenvalue weighted by Crippen LogP contribution is -2.12. The van der Waals surface area contributed by atoms with Crippen LogP contribution in [-0.4, -0.2) is 35.0 Å². The Bertz CT molecular complexity index is 593. The molecule has 0 N–H and O–H groups in total. The van der Waals surface area contributed by atoms with Crippen molar-refractivity contribution in [1.82, 2.24) is 14.8 Å². The molecule has 0 saturated carbocycles. The van der Waals surface area contributed by atoms with Gasteiger partial charge in [0, 0.05) is 23.9 Å². The molecule has 0 fully saturated rings. The third-order valence-electron chi connectivity index (χ3n) is 2.77. The molecular formula is C13H15N3O3. The molecular weight excluding hydrogens is 246 g/mol. The van der Waals surface area contributed by atoms with Gasteiger partial charge in [-0.2, -0.15) is 5.10 Å². The second-order valence-corrected chi connectivity index (χ2v) is 3.77. The first-order chi connectivity index (χ1) is 9.22. The van der Waals surface area contributed by atoms with Crippen LogP contribution < -0.4 is 4.74 Å². The highest BCUT2D eigenvalue weighted by molar-refractivity contribution is 5.96. The Hall–Kier alpha value is -2.37. The SMILES string of the molecule is CCn1ncc(-c2cccnc2OC)c1C(=O)OC. The van der Waals surface area contributed by atoms with Crippen molar-refractivity contribution in [3.05, 3.63) is 30.2 Å². The van der Waals surface area contributed by atoms with Gasteiger partial charge in [0.05, 0.1) is 20.4 Å². The van der Waals surface area contributed by atoms with Crippen molar-refractivity contribution < 1.29 is 14.3 Å². The van der Waals surface area contributed by atoms with Crippen LogP contribution >= 0.6 is 0 Å². The van der Waals surface area contributed by atoms with Gasteiger partial charge in [-0.15, -0.1) is 0 Å². The van der Waals surface area contributed by atoms with Gasteiger partial charge in [0.1, 0.15) is 0 Å². The molecule has 0 unspecified atom stereocenters. The number of aryl methyl sites for hydroxylation is 1. The normalized spacial score (nSPS) is 10.3. The molecule has 0 saturated heterocycles. The van der Waals surface area contributed by atoms with Crippen LogP contribution in [0.2, 0.25) is 0 Å². The lowest BCUT2D eigenvalue weighted by molar-refractivity contribution is 0.0587. The van der Waals surface area contributed by atoms with Gasteiger partial charge in [-0.25, -0.2) is 9.78 Å². The van der Waals surface area contributed by atoms with Crippen LogP contribution in [0.3, 0.4) is 0 Å². The Morgan fingerprint density at radius 3 is 2.79 bits per heavy atom. The Morgan fingerprint density at radius 2 is 2.16 bits per heavy atom. The van der Waals surface area contributed by atoms with Crippen LogP contribution in [-0.2, 0) is 11.3 Å². The first-order valence-electron chi connectivity index (χ1n) is 5.86. The fourth-order valence-electron chi connectivity index (χ4n) is 1.89. The average Bonchev–Trinajstić information content (AvgIpc) is 2.90. The second kappa shape index (κ2) is 5.51. The van der Waals surface area contributed by atoms with E-state index in [1.165, 1.54) is 14.2 Å². The molecule has 0 amide bonds. The Morgan fingerprint density at radius 1 is 1.37 bits per heavy atom. The Balaban J connectivity index is 2.62. The molecule has 0 bridgehead atoms. The van der Waals surface area contributed by atoms with Crippen molar-refractivity contribution in [1.29, 1.82) is 0 Å². The van der Waals surface area contributed by atoms with Gasteiger partial charge < -0.3 is 9.47 Å². The standard InChI is InChI=1S/C13H15N3O3/c1-4-16-11(13(17)19-3)10(8-15-16)9-6-5-7-14-12(9)18-2/h5-8H,4H2,1-3H3. The molecule has 100 valence electrons. The highest BCUT2D eigenvalue weighted by atomic mass is 16.5. The van der Waals surface area contributed by atoms with E-state index < -0.39 is 5.97 Å². The van der Waals surface area contributed by atoms with Crippen molar-refractivity contribution in [2.45, 2.75) is 13.5 Å². The van der Waals surface area contributed by atoms with E-state index in [9.17, 15) is 4.79 Å². The first kappa shape index (κ1) is 13.1. The van der Waals surface area contributed by atoms with Crippen molar-refractivity contribution in [2.75, 3.05) is 14.2 Å². The highest BCUT2D eigenvalue weighted by Gasteiger charge is 2.22. The number of rotatable bonds is 4. The van der Waals surface area contributed by atoms with Gasteiger partial charge in [-0.1, -0.05) is 0 Å². The smallest absolute Gasteiger partial charge is 0.356 e. The summed E-state index contributed by atoms with van der Waals surface area (Å²) in [6, 6.07) is 3.61. The summed E-state index contributed by atoms with van der Waals surface area (Å²) in [7, 11) is 2.88. The molecule has 0 aliphatic rings. The molecule has 6 nitrogen and oxygen atoms in total. The third-order valence-corrected chi connectivity index (χ3v) is 2.77. The first-order valence-corrected chi connectivity index (χ1v) is 5.86. The number of carbonyl (C=O) groups is 1. The van der Waals surface area contributed by atoms with Crippen LogP contribution in [0.1, 0.15) is 17.4 Å². The maximum atomic E-state index is 11.9. The molecule has 2 heterocycles. The maximum absolute atomic E-state index is 11.9. The van der Waals surface area contributed by atoms with E-state index in [2.05, 4.69) is 10.1 Å². The number of nitrogens with zero attached hydrogens (tertiary/aromatic N) is 3. The van der Waals surface area contributed by atoms with E-state index in [1.807, 2.05) is 13.0 Å². The molecule has 6 heteroatoms. The summed E-state index contributed by atoms with van der Waals surface area (Å²) in [6.45, 7) is 2.48. The molecule has 2 rings (SSSR count). The fourth-order valence-corrected chi connectivity index (χ4v) is 1.89. The number of aromatic nitrogens is 3. The predicted octanol–water partition coefficient (Wildman–Crippen LogP) is 1.76. The summed E-state index contributed by atoms with van der Waals surface area (Å²) in [4.78, 5) is 16.0. The van der Waals surface area contributed by atoms with Crippen LogP contribution in [0, 0.1) is 0 Å². The topological polar surface area (TPSA) is 66.2 Å². The number of hydrogen-bond acceptors (Lipinski definition) is 5. The van der Waals surface area contributed by atoms with Gasteiger partial charge in [-0.05, 0) is 19.1 Å². The monoisotopic (exact) mass is 261 g/mol. The largest absolute Gasteiger partial charge is 0.481 e. The molecule has 0 aliphatic heterocycles. The second-order valence-electron chi connectivity index (χ2n) is 3.77. The van der Waals surface area contributed by atoms with Crippen LogP contribution in [0.5, 0.6) is 5.88 Å². The Kier molecular flexibility index (Phi) is 3.79. The van der Waals surface area contributed by atoms with E-state index in [1.54, 1.807) is 23.1 Å². The van der Waals surface area contributed by atoms with Gasteiger partial charge in [-0.3, -0.25) is 4.68 Å². The highest BCUT2D eigenvalue weighted by Crippen LogP contribution is 2.30. The van der Waals surface area contributed by atoms with Crippen LogP contribution in [0.15, 0.2) is 24.5 Å². The number of pyridine rings is 1. The zero-order chi connectivity index (χ0) is 13.8. The maximum Gasteiger partial charge on any atom is 0.356 e. The minimum absolute atomic E-state index is 0.399. The Labute approximate surface area is 111 Å². The summed E-state index contributed by atoms with van der Waals surface area (Å²) < 4.78 is 11.6. The van der Waals surface area contributed by atoms with Crippen molar-refractivity contribution >= 4 is 5.97 Å². The molecule has 2 aromatic heterocycles. The lowest BCUT2D eigenvalue weighted by atomic mass is 10.1. The van der Waals surface area contributed by atoms with Gasteiger partial charge >= 0.3 is 5.97 Å². The fraction of sp³-hybridized carbons (Fsp3) is 0.308. The minimum Gasteiger partial charge on any atom is -0.481 e. The number of ether oxygens (including phenoxy) is 2. The molecule has 2 aromatic rings. The van der Waals surface area contributed by atoms with Gasteiger partial charge in [0.25, 0.3) is 0 Å². The number of carbonyl (C=O) groups excluding carboxylic acids is 1. The van der Waals surface area contributed by atoms with E-state index in [0.29, 0.717) is 29.2 Å². The summed E-state index contributed by atoms with van der Waals surface area (Å²) >= 11 is 0. The molecule has 0 aliphatic carbocycles. The molecule has 0 atom stereocenters. The average molecular weight is 261 g/mol. The number of hydrogen-bond donors (Lipinski definition) is 0. The molecule has 0 radical (unpaired) electrons. The number of esters is 1. The van der Waals surface area contributed by atoms with E-state index in [4.69, 9.17) is 9.47 Å². The van der Waals surface area contributed by atoms with E-state index >= 15 is 0 Å². The number of methoxy groups -OCH3 is 2. The van der Waals surface area contributed by atoms with Crippen LogP contribution in [0.4, 0.5) is 0 Å². The molecule has 0 aromatic carbocycles. The van der Waals surface area contributed by atoms with E-state index in [0.717, 1.165) is 0 Å². The van der Waals surface area contributed by atoms with Crippen molar-refractivity contribution in [3.63, 3.8) is 0 Å². The zero-order valence-corrected chi connectivity index (χ0v) is 11.1. The summed E-state index contributed by atoms with van der Waals surface area (Å²) in [5.41, 5.74) is 1.76. The quantitative estimate of drug-likeness (QED) is 0.784. The predicted molar refractivity (Wildman–Crippen MR) is 69.0 cm³/mol. The van der Waals surface area contributed by atoms with Gasteiger partial charge in [0.15, 0.2) is 5.69 Å².